The quantitative estimate of drug-likeness (QED) is 0.274. The third-order valence-corrected chi connectivity index (χ3v) is 2.22. The van der Waals surface area contributed by atoms with E-state index in [1.54, 1.807) is 6.92 Å². The SMILES string of the molecule is CCC(Oc1c(F)cccc1[N+](=O)[O-])/C(N)=N/O. The van der Waals surface area contributed by atoms with Crippen molar-refractivity contribution in [2.24, 2.45) is 10.9 Å². The van der Waals surface area contributed by atoms with Gasteiger partial charge in [0.05, 0.1) is 4.92 Å². The zero-order valence-corrected chi connectivity index (χ0v) is 9.54. The van der Waals surface area contributed by atoms with Crippen LogP contribution in [0.4, 0.5) is 10.1 Å². The summed E-state index contributed by atoms with van der Waals surface area (Å²) < 4.78 is 18.6. The van der Waals surface area contributed by atoms with Crippen LogP contribution in [0.5, 0.6) is 5.75 Å². The van der Waals surface area contributed by atoms with Crippen molar-refractivity contribution in [3.05, 3.63) is 34.1 Å². The molecule has 0 saturated heterocycles. The molecule has 0 aliphatic carbocycles. The van der Waals surface area contributed by atoms with Gasteiger partial charge >= 0.3 is 5.69 Å². The second kappa shape index (κ2) is 5.80. The van der Waals surface area contributed by atoms with E-state index in [1.165, 1.54) is 6.07 Å². The summed E-state index contributed by atoms with van der Waals surface area (Å²) in [7, 11) is 0. The molecule has 0 radical (unpaired) electrons. The number of halogens is 1. The molecule has 0 aromatic heterocycles. The number of benzene rings is 1. The molecule has 1 unspecified atom stereocenters. The lowest BCUT2D eigenvalue weighted by Gasteiger charge is -2.16. The largest absolute Gasteiger partial charge is 0.473 e. The van der Waals surface area contributed by atoms with Crippen molar-refractivity contribution in [1.29, 1.82) is 0 Å². The summed E-state index contributed by atoms with van der Waals surface area (Å²) in [6, 6.07) is 3.34. The molecule has 0 aliphatic rings. The van der Waals surface area contributed by atoms with Crippen LogP contribution < -0.4 is 10.5 Å². The molecular weight excluding hydrogens is 245 g/mol. The van der Waals surface area contributed by atoms with E-state index >= 15 is 0 Å². The fraction of sp³-hybridized carbons (Fsp3) is 0.300. The predicted octanol–water partition coefficient (Wildman–Crippen LogP) is 1.64. The molecule has 0 heterocycles. The fourth-order valence-corrected chi connectivity index (χ4v) is 1.32. The van der Waals surface area contributed by atoms with Gasteiger partial charge < -0.3 is 15.7 Å². The van der Waals surface area contributed by atoms with E-state index in [1.807, 2.05) is 0 Å². The number of para-hydroxylation sites is 1. The Kier molecular flexibility index (Phi) is 4.41. The van der Waals surface area contributed by atoms with E-state index in [0.717, 1.165) is 12.1 Å². The fourth-order valence-electron chi connectivity index (χ4n) is 1.32. The number of ether oxygens (including phenoxy) is 1. The minimum atomic E-state index is -0.939. The maximum Gasteiger partial charge on any atom is 0.314 e. The molecule has 1 atom stereocenters. The number of rotatable bonds is 5. The highest BCUT2D eigenvalue weighted by Crippen LogP contribution is 2.30. The van der Waals surface area contributed by atoms with Gasteiger partial charge in [-0.25, -0.2) is 4.39 Å². The Labute approximate surface area is 102 Å². The van der Waals surface area contributed by atoms with Gasteiger partial charge in [-0.2, -0.15) is 0 Å². The van der Waals surface area contributed by atoms with Crippen molar-refractivity contribution >= 4 is 11.5 Å². The number of nitro benzene ring substituents is 1. The summed E-state index contributed by atoms with van der Waals surface area (Å²) in [5, 5.41) is 22.0. The van der Waals surface area contributed by atoms with Gasteiger partial charge in [0.25, 0.3) is 0 Å². The van der Waals surface area contributed by atoms with Gasteiger partial charge in [-0.3, -0.25) is 10.1 Å². The first-order valence-electron chi connectivity index (χ1n) is 5.08. The monoisotopic (exact) mass is 257 g/mol. The smallest absolute Gasteiger partial charge is 0.314 e. The van der Waals surface area contributed by atoms with Crippen molar-refractivity contribution in [2.45, 2.75) is 19.4 Å². The maximum absolute atomic E-state index is 13.5. The zero-order chi connectivity index (χ0) is 13.7. The molecule has 0 fully saturated rings. The lowest BCUT2D eigenvalue weighted by Crippen LogP contribution is -2.33. The van der Waals surface area contributed by atoms with Crippen molar-refractivity contribution in [3.8, 4) is 5.75 Å². The summed E-state index contributed by atoms with van der Waals surface area (Å²) in [6.07, 6.45) is -0.674. The number of nitrogens with zero attached hydrogens (tertiary/aromatic N) is 2. The van der Waals surface area contributed by atoms with Crippen molar-refractivity contribution in [2.75, 3.05) is 0 Å². The van der Waals surface area contributed by atoms with Crippen LogP contribution in [0.2, 0.25) is 0 Å². The van der Waals surface area contributed by atoms with Crippen molar-refractivity contribution in [1.82, 2.24) is 0 Å². The molecule has 0 aliphatic heterocycles. The molecule has 8 heteroatoms. The minimum Gasteiger partial charge on any atom is -0.473 e. The van der Waals surface area contributed by atoms with Crippen molar-refractivity contribution < 1.29 is 19.3 Å². The standard InChI is InChI=1S/C10H12FN3O4/c1-2-8(10(12)13-15)18-9-6(11)4-3-5-7(9)14(16)17/h3-5,8,15H,2H2,1H3,(H2,12,13). The van der Waals surface area contributed by atoms with E-state index in [0.29, 0.717) is 0 Å². The van der Waals surface area contributed by atoms with Gasteiger partial charge in [0.15, 0.2) is 17.8 Å². The molecule has 3 N–H and O–H groups in total. The summed E-state index contributed by atoms with van der Waals surface area (Å²) in [4.78, 5) is 9.96. The Balaban J connectivity index is 3.13. The molecule has 18 heavy (non-hydrogen) atoms. The zero-order valence-electron chi connectivity index (χ0n) is 9.54. The summed E-state index contributed by atoms with van der Waals surface area (Å²) in [5.74, 6) is -1.69. The second-order valence-corrected chi connectivity index (χ2v) is 3.38. The maximum atomic E-state index is 13.5. The second-order valence-electron chi connectivity index (χ2n) is 3.38. The van der Waals surface area contributed by atoms with Gasteiger partial charge in [0.2, 0.25) is 5.75 Å². The Morgan fingerprint density at radius 2 is 2.39 bits per heavy atom. The van der Waals surface area contributed by atoms with Crippen LogP contribution in [-0.2, 0) is 0 Å². The van der Waals surface area contributed by atoms with E-state index < -0.39 is 28.3 Å². The lowest BCUT2D eigenvalue weighted by molar-refractivity contribution is -0.386. The van der Waals surface area contributed by atoms with E-state index in [-0.39, 0.29) is 12.3 Å². The number of nitrogens with two attached hydrogens (primary N) is 1. The Bertz CT molecular complexity index is 478. The van der Waals surface area contributed by atoms with Gasteiger partial charge in [0, 0.05) is 6.07 Å². The first kappa shape index (κ1) is 13.7. The normalized spacial score (nSPS) is 13.1. The average Bonchev–Trinajstić information content (AvgIpc) is 2.36. The molecule has 0 saturated carbocycles. The Morgan fingerprint density at radius 1 is 1.72 bits per heavy atom. The van der Waals surface area contributed by atoms with Gasteiger partial charge in [-0.1, -0.05) is 18.1 Å². The topological polar surface area (TPSA) is 111 Å². The third kappa shape index (κ3) is 2.84. The Morgan fingerprint density at radius 3 is 2.89 bits per heavy atom. The number of amidine groups is 1. The lowest BCUT2D eigenvalue weighted by atomic mass is 10.2. The predicted molar refractivity (Wildman–Crippen MR) is 61.2 cm³/mol. The minimum absolute atomic E-state index is 0.265. The molecule has 1 aromatic carbocycles. The first-order valence-corrected chi connectivity index (χ1v) is 5.08. The van der Waals surface area contributed by atoms with Crippen LogP contribution in [0.3, 0.4) is 0 Å². The molecule has 1 rings (SSSR count). The van der Waals surface area contributed by atoms with Crippen LogP contribution in [-0.4, -0.2) is 22.1 Å². The molecule has 0 bridgehead atoms. The molecule has 7 nitrogen and oxygen atoms in total. The summed E-state index contributed by atoms with van der Waals surface area (Å²) in [6.45, 7) is 1.65. The summed E-state index contributed by atoms with van der Waals surface area (Å²) >= 11 is 0. The van der Waals surface area contributed by atoms with Gasteiger partial charge in [-0.15, -0.1) is 0 Å². The highest BCUT2D eigenvalue weighted by Gasteiger charge is 2.24. The number of hydrogen-bond acceptors (Lipinski definition) is 5. The van der Waals surface area contributed by atoms with Crippen LogP contribution >= 0.6 is 0 Å². The van der Waals surface area contributed by atoms with Gasteiger partial charge in [-0.05, 0) is 12.5 Å². The van der Waals surface area contributed by atoms with Crippen LogP contribution in [0, 0.1) is 15.9 Å². The first-order chi connectivity index (χ1) is 8.51. The van der Waals surface area contributed by atoms with Crippen molar-refractivity contribution in [3.63, 3.8) is 0 Å². The number of hydrogen-bond donors (Lipinski definition) is 2. The van der Waals surface area contributed by atoms with E-state index in [9.17, 15) is 14.5 Å². The molecular formula is C10H12FN3O4. The molecule has 1 aromatic rings. The van der Waals surface area contributed by atoms with Gasteiger partial charge in [0.1, 0.15) is 0 Å². The number of oxime groups is 1. The van der Waals surface area contributed by atoms with Crippen LogP contribution in [0.25, 0.3) is 0 Å². The molecule has 0 spiro atoms. The third-order valence-electron chi connectivity index (χ3n) is 2.22. The highest BCUT2D eigenvalue weighted by molar-refractivity contribution is 5.84. The van der Waals surface area contributed by atoms with E-state index in [4.69, 9.17) is 15.7 Å². The average molecular weight is 257 g/mol. The van der Waals surface area contributed by atoms with Crippen LogP contribution in [0.15, 0.2) is 23.4 Å². The highest BCUT2D eigenvalue weighted by atomic mass is 19.1. The Hall–Kier alpha value is -2.38. The van der Waals surface area contributed by atoms with E-state index in [2.05, 4.69) is 5.16 Å². The number of nitro groups is 1. The molecule has 0 amide bonds. The van der Waals surface area contributed by atoms with Crippen LogP contribution in [0.1, 0.15) is 13.3 Å². The summed E-state index contributed by atoms with van der Waals surface area (Å²) in [5.41, 5.74) is 4.82. The molecule has 98 valence electrons.